The number of nitrogens with zero attached hydrogens (tertiary/aromatic N) is 2. The van der Waals surface area contributed by atoms with E-state index < -0.39 is 5.51 Å². The van der Waals surface area contributed by atoms with E-state index in [1.807, 2.05) is 0 Å². The van der Waals surface area contributed by atoms with Crippen LogP contribution in [0.25, 0.3) is 0 Å². The maximum Gasteiger partial charge on any atom is 0.446 e. The summed E-state index contributed by atoms with van der Waals surface area (Å²) < 4.78 is 40.4. The molecule has 0 atom stereocenters. The molecule has 1 aromatic carbocycles. The van der Waals surface area contributed by atoms with E-state index in [1.54, 1.807) is 12.1 Å². The Morgan fingerprint density at radius 2 is 2.12 bits per heavy atom. The lowest BCUT2D eigenvalue weighted by Gasteiger charge is -2.07. The number of hydrogen-bond donors (Lipinski definition) is 1. The summed E-state index contributed by atoms with van der Waals surface area (Å²) in [7, 11) is 0. The van der Waals surface area contributed by atoms with E-state index >= 15 is 0 Å². The molecule has 2 rings (SSSR count). The smallest absolute Gasteiger partial charge is 0.323 e. The minimum Gasteiger partial charge on any atom is -0.323 e. The number of thioether (sulfide) groups is 1. The van der Waals surface area contributed by atoms with Gasteiger partial charge in [-0.1, -0.05) is 6.07 Å². The first-order chi connectivity index (χ1) is 8.03. The van der Waals surface area contributed by atoms with Crippen molar-refractivity contribution in [1.29, 1.82) is 0 Å². The lowest BCUT2D eigenvalue weighted by molar-refractivity contribution is -0.0328. The molecule has 0 radical (unpaired) electrons. The first kappa shape index (κ1) is 12.2. The monoisotopic (exact) mass is 277 g/mol. The summed E-state index contributed by atoms with van der Waals surface area (Å²) >= 11 is 1.01. The molecule has 0 fully saturated rings. The van der Waals surface area contributed by atoms with Gasteiger partial charge in [-0.15, -0.1) is 0 Å². The number of aromatic nitrogens is 2. The van der Waals surface area contributed by atoms with E-state index in [1.165, 1.54) is 17.6 Å². The highest BCUT2D eigenvalue weighted by Crippen LogP contribution is 2.37. The zero-order chi connectivity index (χ0) is 12.3. The molecule has 1 heterocycles. The Labute approximate surface area is 103 Å². The van der Waals surface area contributed by atoms with Crippen LogP contribution < -0.4 is 5.32 Å². The molecule has 0 aliphatic heterocycles. The van der Waals surface area contributed by atoms with Crippen molar-refractivity contribution >= 4 is 34.9 Å². The number of nitrogens with one attached hydrogen (secondary N) is 1. The minimum absolute atomic E-state index is 0.123. The summed E-state index contributed by atoms with van der Waals surface area (Å²) in [6.07, 6.45) is 0. The Balaban J connectivity index is 2.12. The van der Waals surface area contributed by atoms with Gasteiger partial charge in [-0.2, -0.15) is 17.5 Å². The van der Waals surface area contributed by atoms with Crippen molar-refractivity contribution in [2.75, 3.05) is 5.32 Å². The molecule has 0 bridgehead atoms. The molecule has 0 aliphatic rings. The topological polar surface area (TPSA) is 37.8 Å². The van der Waals surface area contributed by atoms with Gasteiger partial charge in [0.25, 0.3) is 0 Å². The van der Waals surface area contributed by atoms with Gasteiger partial charge in [0.05, 0.1) is 0 Å². The highest BCUT2D eigenvalue weighted by atomic mass is 32.2. The summed E-state index contributed by atoms with van der Waals surface area (Å²) in [5, 5.41) is 2.82. The van der Waals surface area contributed by atoms with Gasteiger partial charge < -0.3 is 5.32 Å². The van der Waals surface area contributed by atoms with Gasteiger partial charge in [-0.05, 0) is 41.5 Å². The third kappa shape index (κ3) is 3.90. The number of anilines is 2. The lowest BCUT2D eigenvalue weighted by atomic mass is 10.3. The van der Waals surface area contributed by atoms with Crippen LogP contribution in [0.2, 0.25) is 0 Å². The van der Waals surface area contributed by atoms with Crippen molar-refractivity contribution in [3.63, 3.8) is 0 Å². The largest absolute Gasteiger partial charge is 0.446 e. The van der Waals surface area contributed by atoms with Gasteiger partial charge in [0.15, 0.2) is 0 Å². The molecule has 0 spiro atoms. The number of rotatable bonds is 3. The van der Waals surface area contributed by atoms with Crippen LogP contribution in [0.5, 0.6) is 0 Å². The van der Waals surface area contributed by atoms with Crippen molar-refractivity contribution in [2.24, 2.45) is 0 Å². The molecule has 90 valence electrons. The maximum absolute atomic E-state index is 12.2. The fourth-order valence-electron chi connectivity index (χ4n) is 1.13. The minimum atomic E-state index is -4.28. The van der Waals surface area contributed by atoms with Crippen LogP contribution >= 0.6 is 23.3 Å². The third-order valence-electron chi connectivity index (χ3n) is 1.69. The summed E-state index contributed by atoms with van der Waals surface area (Å²) in [5.41, 5.74) is -2.22. The van der Waals surface area contributed by atoms with Crippen LogP contribution in [0.15, 0.2) is 34.7 Å². The summed E-state index contributed by atoms with van der Waals surface area (Å²) in [6, 6.07) is 6.00. The second-order valence-corrected chi connectivity index (χ2v) is 4.70. The van der Waals surface area contributed by atoms with E-state index in [-0.39, 0.29) is 16.7 Å². The lowest BCUT2D eigenvalue weighted by Crippen LogP contribution is -1.99. The molecule has 0 amide bonds. The fraction of sp³-hybridized carbons (Fsp3) is 0.111. The number of benzene rings is 1. The van der Waals surface area contributed by atoms with E-state index in [0.29, 0.717) is 11.6 Å². The average molecular weight is 277 g/mol. The van der Waals surface area contributed by atoms with E-state index in [9.17, 15) is 13.2 Å². The van der Waals surface area contributed by atoms with Crippen LogP contribution in [-0.2, 0) is 0 Å². The molecule has 0 unspecified atom stereocenters. The van der Waals surface area contributed by atoms with Crippen molar-refractivity contribution < 1.29 is 13.2 Å². The molecule has 3 nitrogen and oxygen atoms in total. The van der Waals surface area contributed by atoms with Crippen molar-refractivity contribution in [3.05, 3.63) is 29.8 Å². The van der Waals surface area contributed by atoms with E-state index in [0.717, 1.165) is 11.5 Å². The maximum atomic E-state index is 12.2. The van der Waals surface area contributed by atoms with Gasteiger partial charge in [0.2, 0.25) is 5.95 Å². The Morgan fingerprint density at radius 1 is 1.29 bits per heavy atom. The van der Waals surface area contributed by atoms with Crippen LogP contribution in [0.3, 0.4) is 0 Å². The molecule has 0 saturated heterocycles. The van der Waals surface area contributed by atoms with Gasteiger partial charge in [0, 0.05) is 10.6 Å². The third-order valence-corrected chi connectivity index (χ3v) is 2.88. The SMILES string of the molecule is FC(F)(F)Sc1cccc(Nc2ncsn2)c1. The Bertz CT molecular complexity index is 484. The number of halogens is 3. The predicted molar refractivity (Wildman–Crippen MR) is 61.5 cm³/mol. The Hall–Kier alpha value is -1.28. The normalized spacial score (nSPS) is 11.5. The summed E-state index contributed by atoms with van der Waals surface area (Å²) in [4.78, 5) is 4.01. The van der Waals surface area contributed by atoms with Crippen molar-refractivity contribution in [2.45, 2.75) is 10.4 Å². The van der Waals surface area contributed by atoms with Crippen LogP contribution in [0.4, 0.5) is 24.8 Å². The van der Waals surface area contributed by atoms with Gasteiger partial charge in [-0.25, -0.2) is 4.98 Å². The molecular formula is C9H6F3N3S2. The first-order valence-electron chi connectivity index (χ1n) is 4.42. The average Bonchev–Trinajstić information content (AvgIpc) is 2.68. The second-order valence-electron chi connectivity index (χ2n) is 2.96. The van der Waals surface area contributed by atoms with Crippen LogP contribution in [0, 0.1) is 0 Å². The van der Waals surface area contributed by atoms with E-state index in [2.05, 4.69) is 14.7 Å². The Morgan fingerprint density at radius 3 is 2.76 bits per heavy atom. The molecule has 17 heavy (non-hydrogen) atoms. The van der Waals surface area contributed by atoms with Gasteiger partial charge in [0.1, 0.15) is 5.51 Å². The zero-order valence-electron chi connectivity index (χ0n) is 8.23. The predicted octanol–water partition coefficient (Wildman–Crippen LogP) is 3.89. The van der Waals surface area contributed by atoms with Gasteiger partial charge in [-0.3, -0.25) is 0 Å². The van der Waals surface area contributed by atoms with Crippen LogP contribution in [-0.4, -0.2) is 14.9 Å². The zero-order valence-corrected chi connectivity index (χ0v) is 9.86. The molecule has 8 heteroatoms. The van der Waals surface area contributed by atoms with Crippen molar-refractivity contribution in [1.82, 2.24) is 9.36 Å². The summed E-state index contributed by atoms with van der Waals surface area (Å²) in [6.45, 7) is 0. The molecule has 0 aliphatic carbocycles. The first-order valence-corrected chi connectivity index (χ1v) is 6.07. The highest BCUT2D eigenvalue weighted by molar-refractivity contribution is 8.00. The van der Waals surface area contributed by atoms with Gasteiger partial charge >= 0.3 is 5.51 Å². The van der Waals surface area contributed by atoms with Crippen LogP contribution in [0.1, 0.15) is 0 Å². The van der Waals surface area contributed by atoms with Crippen molar-refractivity contribution in [3.8, 4) is 0 Å². The van der Waals surface area contributed by atoms with E-state index in [4.69, 9.17) is 0 Å². The summed E-state index contributed by atoms with van der Waals surface area (Å²) in [5.74, 6) is 0.379. The molecule has 2 aromatic rings. The molecular weight excluding hydrogens is 271 g/mol. The second kappa shape index (κ2) is 4.92. The Kier molecular flexibility index (Phi) is 3.53. The molecule has 1 aromatic heterocycles. The highest BCUT2D eigenvalue weighted by Gasteiger charge is 2.29. The number of hydrogen-bond acceptors (Lipinski definition) is 5. The quantitative estimate of drug-likeness (QED) is 0.864. The standard InChI is InChI=1S/C9H6F3N3S2/c10-9(11,12)17-7-3-1-2-6(4-7)14-8-13-5-16-15-8/h1-5H,(H,14,15). The number of alkyl halides is 3. The molecule has 1 N–H and O–H groups in total. The fourth-order valence-corrected chi connectivity index (χ4v) is 2.11. The molecule has 0 saturated carbocycles.